The summed E-state index contributed by atoms with van der Waals surface area (Å²) in [5, 5.41) is 5.85. The van der Waals surface area contributed by atoms with Gasteiger partial charge in [-0.25, -0.2) is 9.29 Å². The number of carbonyl (C=O) groups excluding carboxylic acids is 3. The predicted molar refractivity (Wildman–Crippen MR) is 110 cm³/mol. The monoisotopic (exact) mass is 419 g/mol. The van der Waals surface area contributed by atoms with E-state index in [4.69, 9.17) is 4.74 Å². The van der Waals surface area contributed by atoms with Crippen molar-refractivity contribution in [2.75, 3.05) is 12.0 Å². The first-order valence-corrected chi connectivity index (χ1v) is 9.82. The maximum absolute atomic E-state index is 13.8. The molecule has 0 aliphatic carbocycles. The minimum Gasteiger partial charge on any atom is -0.497 e. The number of anilines is 1. The van der Waals surface area contributed by atoms with Gasteiger partial charge in [0.05, 0.1) is 30.7 Å². The van der Waals surface area contributed by atoms with Gasteiger partial charge in [-0.15, -0.1) is 0 Å². The molecule has 0 saturated carbocycles. The third-order valence-electron chi connectivity index (χ3n) is 6.00. The maximum Gasteiger partial charge on any atom is 0.240 e. The highest BCUT2D eigenvalue weighted by Gasteiger charge is 2.64. The number of hydrazone groups is 1. The maximum atomic E-state index is 13.8. The van der Waals surface area contributed by atoms with Crippen LogP contribution in [0.5, 0.6) is 5.75 Å². The van der Waals surface area contributed by atoms with Crippen LogP contribution in [-0.2, 0) is 9.59 Å². The van der Waals surface area contributed by atoms with E-state index >= 15 is 0 Å². The summed E-state index contributed by atoms with van der Waals surface area (Å²) in [6.45, 7) is 0. The topological polar surface area (TPSA) is 79.3 Å². The average Bonchev–Trinajstić information content (AvgIpc) is 3.26. The molecule has 31 heavy (non-hydrogen) atoms. The molecule has 2 saturated heterocycles. The Morgan fingerprint density at radius 3 is 2.52 bits per heavy atom. The molecule has 156 valence electrons. The largest absolute Gasteiger partial charge is 0.497 e. The second-order valence-electron chi connectivity index (χ2n) is 7.60. The standard InChI is InChI=1S/C23H18FN3O4/c1-31-16-9-7-13(8-10-16)21(28)20-19-18(17-6-3-11-25-27(17)20)22(29)26(23(19)30)15-5-2-4-14(24)12-15/h2-12,17-20H,1H3/t17?,18-,19-,20+/m1/s1. The van der Waals surface area contributed by atoms with Crippen LogP contribution in [0.15, 0.2) is 65.8 Å². The van der Waals surface area contributed by atoms with Crippen molar-refractivity contribution in [1.29, 1.82) is 0 Å². The van der Waals surface area contributed by atoms with Crippen LogP contribution in [0.3, 0.4) is 0 Å². The second-order valence-corrected chi connectivity index (χ2v) is 7.60. The quantitative estimate of drug-likeness (QED) is 0.562. The van der Waals surface area contributed by atoms with Gasteiger partial charge in [0, 0.05) is 11.8 Å². The summed E-state index contributed by atoms with van der Waals surface area (Å²) in [6.07, 6.45) is 5.00. The Morgan fingerprint density at radius 1 is 1.06 bits per heavy atom. The number of fused-ring (bicyclic) bond motifs is 3. The number of amides is 2. The summed E-state index contributed by atoms with van der Waals surface area (Å²) in [4.78, 5) is 41.2. The first-order chi connectivity index (χ1) is 15.0. The number of allylic oxidation sites excluding steroid dienone is 1. The number of hydrogen-bond donors (Lipinski definition) is 0. The molecule has 1 unspecified atom stereocenters. The minimum absolute atomic E-state index is 0.162. The van der Waals surface area contributed by atoms with Crippen LogP contribution in [0.25, 0.3) is 0 Å². The van der Waals surface area contributed by atoms with E-state index in [-0.39, 0.29) is 11.5 Å². The van der Waals surface area contributed by atoms with E-state index in [0.717, 1.165) is 11.0 Å². The number of ether oxygens (including phenoxy) is 1. The van der Waals surface area contributed by atoms with Crippen molar-refractivity contribution in [1.82, 2.24) is 5.01 Å². The number of halogens is 1. The molecule has 8 heteroatoms. The number of methoxy groups -OCH3 is 1. The molecule has 3 aliphatic heterocycles. The molecule has 5 rings (SSSR count). The Kier molecular flexibility index (Phi) is 4.43. The van der Waals surface area contributed by atoms with E-state index in [1.165, 1.54) is 31.5 Å². The van der Waals surface area contributed by atoms with Gasteiger partial charge in [-0.3, -0.25) is 19.4 Å². The van der Waals surface area contributed by atoms with Crippen molar-refractivity contribution in [3.05, 3.63) is 72.1 Å². The zero-order chi connectivity index (χ0) is 21.7. The van der Waals surface area contributed by atoms with E-state index < -0.39 is 41.6 Å². The summed E-state index contributed by atoms with van der Waals surface area (Å²) in [5.41, 5.74) is 0.550. The molecular weight excluding hydrogens is 401 g/mol. The molecule has 3 aliphatic rings. The molecule has 0 bridgehead atoms. The zero-order valence-corrected chi connectivity index (χ0v) is 16.5. The molecule has 7 nitrogen and oxygen atoms in total. The van der Waals surface area contributed by atoms with E-state index in [1.807, 2.05) is 0 Å². The molecular formula is C23H18FN3O4. The first kappa shape index (κ1) is 19.2. The summed E-state index contributed by atoms with van der Waals surface area (Å²) in [5.74, 6) is -2.94. The fourth-order valence-corrected chi connectivity index (χ4v) is 4.63. The van der Waals surface area contributed by atoms with Crippen LogP contribution in [0, 0.1) is 17.7 Å². The lowest BCUT2D eigenvalue weighted by atomic mass is 9.86. The third kappa shape index (κ3) is 2.86. The normalized spacial score (nSPS) is 26.3. The van der Waals surface area contributed by atoms with Crippen LogP contribution in [0.4, 0.5) is 10.1 Å². The van der Waals surface area contributed by atoms with E-state index in [9.17, 15) is 18.8 Å². The number of rotatable bonds is 4. The lowest BCUT2D eigenvalue weighted by molar-refractivity contribution is -0.123. The fourth-order valence-electron chi connectivity index (χ4n) is 4.63. The second kappa shape index (κ2) is 7.16. The molecule has 2 amide bonds. The molecule has 2 fully saturated rings. The number of nitrogens with zero attached hydrogens (tertiary/aromatic N) is 3. The Morgan fingerprint density at radius 2 is 1.81 bits per heavy atom. The van der Waals surface area contributed by atoms with Gasteiger partial charge in [-0.1, -0.05) is 12.1 Å². The molecule has 0 aromatic heterocycles. The molecule has 4 atom stereocenters. The molecule has 2 aromatic carbocycles. The van der Waals surface area contributed by atoms with Crippen molar-refractivity contribution in [2.45, 2.75) is 12.1 Å². The van der Waals surface area contributed by atoms with Crippen LogP contribution in [0.1, 0.15) is 10.4 Å². The smallest absolute Gasteiger partial charge is 0.240 e. The van der Waals surface area contributed by atoms with Gasteiger partial charge in [0.25, 0.3) is 0 Å². The van der Waals surface area contributed by atoms with Crippen molar-refractivity contribution in [3.8, 4) is 5.75 Å². The SMILES string of the molecule is COc1ccc(C(=O)[C@@H]2[C@@H]3C(=O)N(c4cccc(F)c4)C(=O)[C@@H]3C3C=CC=NN32)cc1. The van der Waals surface area contributed by atoms with Crippen molar-refractivity contribution in [2.24, 2.45) is 16.9 Å². The Balaban J connectivity index is 1.56. The molecule has 3 heterocycles. The Bertz CT molecular complexity index is 1140. The summed E-state index contributed by atoms with van der Waals surface area (Å²) < 4.78 is 18.9. The molecule has 2 aromatic rings. The lowest BCUT2D eigenvalue weighted by Gasteiger charge is -2.30. The van der Waals surface area contributed by atoms with Gasteiger partial charge in [0.2, 0.25) is 11.8 Å². The molecule has 0 spiro atoms. The van der Waals surface area contributed by atoms with Gasteiger partial charge >= 0.3 is 0 Å². The summed E-state index contributed by atoms with van der Waals surface area (Å²) in [7, 11) is 1.53. The van der Waals surface area contributed by atoms with Gasteiger partial charge in [-0.05, 0) is 48.5 Å². The number of ketones is 1. The zero-order valence-electron chi connectivity index (χ0n) is 16.5. The fraction of sp³-hybridized carbons (Fsp3) is 0.217. The lowest BCUT2D eigenvalue weighted by Crippen LogP contribution is -2.46. The Hall–Kier alpha value is -3.81. The van der Waals surface area contributed by atoms with Crippen LogP contribution >= 0.6 is 0 Å². The minimum atomic E-state index is -0.945. The molecule has 0 N–H and O–H groups in total. The number of imide groups is 1. The van der Waals surface area contributed by atoms with Gasteiger partial charge in [-0.2, -0.15) is 5.10 Å². The highest BCUT2D eigenvalue weighted by molar-refractivity contribution is 6.24. The first-order valence-electron chi connectivity index (χ1n) is 9.82. The Labute approximate surface area is 177 Å². The van der Waals surface area contributed by atoms with E-state index in [1.54, 1.807) is 41.4 Å². The predicted octanol–water partition coefficient (Wildman–Crippen LogP) is 2.43. The summed E-state index contributed by atoms with van der Waals surface area (Å²) >= 11 is 0. The molecule has 0 radical (unpaired) electrons. The van der Waals surface area contributed by atoms with E-state index in [0.29, 0.717) is 11.3 Å². The number of hydrogen-bond acceptors (Lipinski definition) is 6. The highest BCUT2D eigenvalue weighted by Crippen LogP contribution is 2.46. The van der Waals surface area contributed by atoms with Gasteiger partial charge in [0.1, 0.15) is 17.6 Å². The third-order valence-corrected chi connectivity index (χ3v) is 6.00. The number of carbonyl (C=O) groups is 3. The van der Waals surface area contributed by atoms with Gasteiger partial charge < -0.3 is 4.74 Å². The van der Waals surface area contributed by atoms with Crippen LogP contribution < -0.4 is 9.64 Å². The van der Waals surface area contributed by atoms with Gasteiger partial charge in [0.15, 0.2) is 5.78 Å². The van der Waals surface area contributed by atoms with Crippen molar-refractivity contribution in [3.63, 3.8) is 0 Å². The average molecular weight is 419 g/mol. The van der Waals surface area contributed by atoms with Crippen molar-refractivity contribution < 1.29 is 23.5 Å². The summed E-state index contributed by atoms with van der Waals surface area (Å²) in [6, 6.07) is 10.4. The van der Waals surface area contributed by atoms with Crippen molar-refractivity contribution >= 4 is 29.5 Å². The van der Waals surface area contributed by atoms with Crippen LogP contribution in [0.2, 0.25) is 0 Å². The highest BCUT2D eigenvalue weighted by atomic mass is 19.1. The number of benzene rings is 2. The van der Waals surface area contributed by atoms with Crippen LogP contribution in [-0.4, -0.2) is 48.0 Å². The number of Topliss-reactive ketones (excluding diaryl/α,β-unsaturated/α-hetero) is 1. The van der Waals surface area contributed by atoms with E-state index in [2.05, 4.69) is 5.10 Å².